The van der Waals surface area contributed by atoms with Gasteiger partial charge in [-0.1, -0.05) is 0 Å². The molecule has 1 rings (SSSR count). The van der Waals surface area contributed by atoms with E-state index in [0.29, 0.717) is 5.69 Å². The molecule has 0 bridgehead atoms. The first kappa shape index (κ1) is 12.0. The van der Waals surface area contributed by atoms with E-state index in [0.717, 1.165) is 0 Å². The van der Waals surface area contributed by atoms with Crippen LogP contribution in [0.4, 0.5) is 5.69 Å². The van der Waals surface area contributed by atoms with Crippen molar-refractivity contribution in [3.8, 4) is 0 Å². The minimum atomic E-state index is -1.30. The highest BCUT2D eigenvalue weighted by Gasteiger charge is 2.19. The summed E-state index contributed by atoms with van der Waals surface area (Å²) in [4.78, 5) is 22.1. The van der Waals surface area contributed by atoms with Crippen LogP contribution >= 0.6 is 0 Å². The molecule has 0 aliphatic heterocycles. The second kappa shape index (κ2) is 5.13. The first-order valence-electron chi connectivity index (χ1n) is 4.54. The van der Waals surface area contributed by atoms with Gasteiger partial charge in [0, 0.05) is 11.3 Å². The summed E-state index contributed by atoms with van der Waals surface area (Å²) < 4.78 is 0. The number of aliphatic hydroxyl groups excluding tert-OH is 1. The Morgan fingerprint density at radius 1 is 1.31 bits per heavy atom. The molecule has 1 atom stereocenters. The number of carbonyl (C=O) groups is 2. The van der Waals surface area contributed by atoms with Crippen LogP contribution < -0.4 is 11.1 Å². The third-order valence-corrected chi connectivity index (χ3v) is 1.96. The monoisotopic (exact) mass is 224 g/mol. The van der Waals surface area contributed by atoms with Crippen molar-refractivity contribution in [2.45, 2.75) is 6.04 Å². The normalized spacial score (nSPS) is 11.8. The van der Waals surface area contributed by atoms with Crippen LogP contribution in [-0.4, -0.2) is 34.7 Å². The van der Waals surface area contributed by atoms with E-state index in [2.05, 4.69) is 5.32 Å². The second-order valence-electron chi connectivity index (χ2n) is 3.17. The Bertz CT molecular complexity index is 388. The van der Waals surface area contributed by atoms with Crippen molar-refractivity contribution in [1.29, 1.82) is 0 Å². The standard InChI is InChI=1S/C10H12N2O4/c11-7-3-1-6(2-4-7)9(14)12-8(5-13)10(15)16/h1-4,8,13H,5,11H2,(H,12,14)(H,15,16)/t8-/m1/s1. The van der Waals surface area contributed by atoms with Crippen molar-refractivity contribution >= 4 is 17.6 Å². The van der Waals surface area contributed by atoms with Gasteiger partial charge < -0.3 is 21.3 Å². The fourth-order valence-electron chi connectivity index (χ4n) is 1.06. The van der Waals surface area contributed by atoms with E-state index in [9.17, 15) is 9.59 Å². The first-order chi connectivity index (χ1) is 7.54. The summed E-state index contributed by atoms with van der Waals surface area (Å²) in [7, 11) is 0. The maximum absolute atomic E-state index is 11.5. The number of nitrogens with two attached hydrogens (primary N) is 1. The van der Waals surface area contributed by atoms with Gasteiger partial charge in [0.15, 0.2) is 6.04 Å². The van der Waals surface area contributed by atoms with Gasteiger partial charge in [0.2, 0.25) is 0 Å². The zero-order chi connectivity index (χ0) is 12.1. The number of carboxylic acids is 1. The summed E-state index contributed by atoms with van der Waals surface area (Å²) in [6.07, 6.45) is 0. The molecule has 6 nitrogen and oxygen atoms in total. The van der Waals surface area contributed by atoms with Crippen LogP contribution in [0.2, 0.25) is 0 Å². The van der Waals surface area contributed by atoms with Gasteiger partial charge in [0.25, 0.3) is 5.91 Å². The zero-order valence-corrected chi connectivity index (χ0v) is 8.38. The molecule has 0 saturated heterocycles. The number of aliphatic carboxylic acids is 1. The fourth-order valence-corrected chi connectivity index (χ4v) is 1.06. The van der Waals surface area contributed by atoms with Gasteiger partial charge in [-0.25, -0.2) is 4.79 Å². The largest absolute Gasteiger partial charge is 0.480 e. The highest BCUT2D eigenvalue weighted by atomic mass is 16.4. The Morgan fingerprint density at radius 2 is 1.88 bits per heavy atom. The topological polar surface area (TPSA) is 113 Å². The lowest BCUT2D eigenvalue weighted by Gasteiger charge is -2.11. The van der Waals surface area contributed by atoms with E-state index in [1.165, 1.54) is 24.3 Å². The number of amides is 1. The van der Waals surface area contributed by atoms with Gasteiger partial charge in [-0.3, -0.25) is 4.79 Å². The maximum atomic E-state index is 11.5. The molecule has 0 heterocycles. The molecule has 0 aromatic heterocycles. The van der Waals surface area contributed by atoms with Crippen molar-refractivity contribution in [2.75, 3.05) is 12.3 Å². The van der Waals surface area contributed by atoms with Crippen molar-refractivity contribution in [2.24, 2.45) is 0 Å². The smallest absolute Gasteiger partial charge is 0.328 e. The summed E-state index contributed by atoms with van der Waals surface area (Å²) in [5.74, 6) is -1.85. The molecule has 1 aromatic carbocycles. The van der Waals surface area contributed by atoms with Gasteiger partial charge in [0.1, 0.15) is 0 Å². The third-order valence-electron chi connectivity index (χ3n) is 1.96. The molecule has 0 unspecified atom stereocenters. The summed E-state index contributed by atoms with van der Waals surface area (Å²) in [5, 5.41) is 19.5. The highest BCUT2D eigenvalue weighted by molar-refractivity contribution is 5.96. The lowest BCUT2D eigenvalue weighted by molar-refractivity contribution is -0.140. The summed E-state index contributed by atoms with van der Waals surface area (Å²) >= 11 is 0. The second-order valence-corrected chi connectivity index (χ2v) is 3.17. The van der Waals surface area contributed by atoms with Crippen LogP contribution in [-0.2, 0) is 4.79 Å². The average Bonchev–Trinajstić information content (AvgIpc) is 2.26. The van der Waals surface area contributed by atoms with E-state index >= 15 is 0 Å². The van der Waals surface area contributed by atoms with Crippen LogP contribution in [0.5, 0.6) is 0 Å². The van der Waals surface area contributed by atoms with Crippen molar-refractivity contribution in [3.05, 3.63) is 29.8 Å². The number of hydrogen-bond acceptors (Lipinski definition) is 4. The van der Waals surface area contributed by atoms with Crippen molar-refractivity contribution < 1.29 is 19.8 Å². The molecular formula is C10H12N2O4. The Labute approximate surface area is 91.7 Å². The first-order valence-corrected chi connectivity index (χ1v) is 4.54. The molecule has 0 radical (unpaired) electrons. The van der Waals surface area contributed by atoms with Gasteiger partial charge in [-0.2, -0.15) is 0 Å². The number of anilines is 1. The van der Waals surface area contributed by atoms with Gasteiger partial charge in [-0.15, -0.1) is 0 Å². The Morgan fingerprint density at radius 3 is 2.31 bits per heavy atom. The number of carboxylic acid groups (broad SMARTS) is 1. The molecule has 1 amide bonds. The van der Waals surface area contributed by atoms with Gasteiger partial charge >= 0.3 is 5.97 Å². The van der Waals surface area contributed by atoms with Crippen molar-refractivity contribution in [3.63, 3.8) is 0 Å². The lowest BCUT2D eigenvalue weighted by Crippen LogP contribution is -2.43. The average molecular weight is 224 g/mol. The number of carbonyl (C=O) groups excluding carboxylic acids is 1. The van der Waals surface area contributed by atoms with Gasteiger partial charge in [0.05, 0.1) is 6.61 Å². The van der Waals surface area contributed by atoms with Gasteiger partial charge in [-0.05, 0) is 24.3 Å². The predicted octanol–water partition coefficient (Wildman–Crippen LogP) is -0.556. The van der Waals surface area contributed by atoms with Crippen LogP contribution in [0.15, 0.2) is 24.3 Å². The molecule has 0 aliphatic carbocycles. The minimum Gasteiger partial charge on any atom is -0.480 e. The molecule has 16 heavy (non-hydrogen) atoms. The summed E-state index contributed by atoms with van der Waals surface area (Å²) in [6.45, 7) is -0.657. The molecule has 0 saturated carbocycles. The highest BCUT2D eigenvalue weighted by Crippen LogP contribution is 2.05. The number of hydrogen-bond donors (Lipinski definition) is 4. The molecule has 0 fully saturated rings. The minimum absolute atomic E-state index is 0.286. The number of rotatable bonds is 4. The Hall–Kier alpha value is -2.08. The molecule has 5 N–H and O–H groups in total. The Balaban J connectivity index is 2.71. The molecule has 0 aliphatic rings. The van der Waals surface area contributed by atoms with Crippen LogP contribution in [0.3, 0.4) is 0 Å². The molecular weight excluding hydrogens is 212 g/mol. The van der Waals surface area contributed by atoms with E-state index in [1.807, 2.05) is 0 Å². The zero-order valence-electron chi connectivity index (χ0n) is 8.38. The van der Waals surface area contributed by atoms with E-state index in [1.54, 1.807) is 0 Å². The predicted molar refractivity (Wildman–Crippen MR) is 56.8 cm³/mol. The maximum Gasteiger partial charge on any atom is 0.328 e. The van der Waals surface area contributed by atoms with Crippen LogP contribution in [0.25, 0.3) is 0 Å². The molecule has 1 aromatic rings. The van der Waals surface area contributed by atoms with E-state index in [4.69, 9.17) is 15.9 Å². The molecule has 86 valence electrons. The van der Waals surface area contributed by atoms with Crippen molar-refractivity contribution in [1.82, 2.24) is 5.32 Å². The Kier molecular flexibility index (Phi) is 3.84. The lowest BCUT2D eigenvalue weighted by atomic mass is 10.2. The van der Waals surface area contributed by atoms with E-state index < -0.39 is 24.5 Å². The number of aliphatic hydroxyl groups is 1. The number of nitrogens with one attached hydrogen (secondary N) is 1. The summed E-state index contributed by atoms with van der Waals surface area (Å²) in [6, 6.07) is 4.71. The molecule has 6 heteroatoms. The SMILES string of the molecule is Nc1ccc(C(=O)N[C@H](CO)C(=O)O)cc1. The quantitative estimate of drug-likeness (QED) is 0.512. The van der Waals surface area contributed by atoms with Crippen LogP contribution in [0, 0.1) is 0 Å². The third kappa shape index (κ3) is 2.96. The number of benzene rings is 1. The fraction of sp³-hybridized carbons (Fsp3) is 0.200. The number of nitrogen functional groups attached to an aromatic ring is 1. The van der Waals surface area contributed by atoms with Crippen LogP contribution in [0.1, 0.15) is 10.4 Å². The molecule has 0 spiro atoms. The summed E-state index contributed by atoms with van der Waals surface area (Å²) in [5.41, 5.74) is 6.23. The van der Waals surface area contributed by atoms with E-state index in [-0.39, 0.29) is 5.56 Å².